The molecule has 2 unspecified atom stereocenters. The predicted molar refractivity (Wildman–Crippen MR) is 66.4 cm³/mol. The second-order valence-corrected chi connectivity index (χ2v) is 4.64. The van der Waals surface area contributed by atoms with Crippen LogP contribution in [0.1, 0.15) is 20.3 Å². The number of carboxylic acids is 1. The number of likely N-dealkylation sites (N-methyl/N-ethyl adjacent to an activating group) is 1. The summed E-state index contributed by atoms with van der Waals surface area (Å²) in [5, 5.41) is 8.93. The summed E-state index contributed by atoms with van der Waals surface area (Å²) < 4.78 is 5.05. The van der Waals surface area contributed by atoms with E-state index in [4.69, 9.17) is 9.84 Å². The Balaban J connectivity index is 2.60. The molecule has 6 nitrogen and oxygen atoms in total. The molecular weight excluding hydrogens is 236 g/mol. The van der Waals surface area contributed by atoms with Gasteiger partial charge < -0.3 is 19.6 Å². The molecule has 0 aromatic rings. The van der Waals surface area contributed by atoms with Crippen LogP contribution in [0.15, 0.2) is 0 Å². The highest BCUT2D eigenvalue weighted by Crippen LogP contribution is 2.18. The normalized spacial score (nSPS) is 20.8. The number of methoxy groups -OCH3 is 1. The number of nitrogens with zero attached hydrogens (tertiary/aromatic N) is 2. The zero-order valence-corrected chi connectivity index (χ0v) is 11.3. The van der Waals surface area contributed by atoms with Gasteiger partial charge in [0.05, 0.1) is 18.6 Å². The van der Waals surface area contributed by atoms with E-state index in [2.05, 4.69) is 0 Å². The van der Waals surface area contributed by atoms with Crippen LogP contribution in [-0.4, -0.2) is 66.3 Å². The number of hydrogen-bond donors (Lipinski definition) is 1. The van der Waals surface area contributed by atoms with Crippen molar-refractivity contribution in [1.29, 1.82) is 0 Å². The van der Waals surface area contributed by atoms with Gasteiger partial charge in [-0.15, -0.1) is 0 Å². The van der Waals surface area contributed by atoms with Crippen molar-refractivity contribution in [3.63, 3.8) is 0 Å². The minimum atomic E-state index is -0.821. The van der Waals surface area contributed by atoms with Gasteiger partial charge in [0.1, 0.15) is 0 Å². The summed E-state index contributed by atoms with van der Waals surface area (Å²) in [5.74, 6) is -1.25. The molecule has 6 heteroatoms. The molecule has 0 radical (unpaired) electrons. The van der Waals surface area contributed by atoms with E-state index in [1.807, 2.05) is 13.8 Å². The summed E-state index contributed by atoms with van der Waals surface area (Å²) in [6.07, 6.45) is 0.539. The standard InChI is InChI=1S/C12H22N2O4/c1-4-14(9(2)8-18-3)12(17)13-6-5-10(7-13)11(15)16/h9-10H,4-8H2,1-3H3,(H,15,16). The van der Waals surface area contributed by atoms with Crippen LogP contribution in [-0.2, 0) is 9.53 Å². The van der Waals surface area contributed by atoms with Gasteiger partial charge in [-0.3, -0.25) is 4.79 Å². The van der Waals surface area contributed by atoms with E-state index in [1.54, 1.807) is 16.9 Å². The first-order chi connectivity index (χ1) is 8.51. The SMILES string of the molecule is CCN(C(=O)N1CCC(C(=O)O)C1)C(C)COC. The number of ether oxygens (including phenoxy) is 1. The number of urea groups is 1. The Hall–Kier alpha value is -1.30. The molecule has 1 fully saturated rings. The Labute approximate surface area is 107 Å². The lowest BCUT2D eigenvalue weighted by Gasteiger charge is -2.31. The zero-order chi connectivity index (χ0) is 13.7. The van der Waals surface area contributed by atoms with E-state index in [-0.39, 0.29) is 12.1 Å². The first-order valence-electron chi connectivity index (χ1n) is 6.28. The predicted octanol–water partition coefficient (Wildman–Crippen LogP) is 0.870. The molecule has 1 rings (SSSR count). The van der Waals surface area contributed by atoms with Crippen molar-refractivity contribution >= 4 is 12.0 Å². The average Bonchev–Trinajstić information content (AvgIpc) is 2.79. The van der Waals surface area contributed by atoms with E-state index < -0.39 is 11.9 Å². The maximum absolute atomic E-state index is 12.3. The van der Waals surface area contributed by atoms with Crippen LogP contribution in [0, 0.1) is 5.92 Å². The van der Waals surface area contributed by atoms with Crippen molar-refractivity contribution in [2.75, 3.05) is 33.4 Å². The smallest absolute Gasteiger partial charge is 0.320 e. The molecule has 2 amide bonds. The monoisotopic (exact) mass is 258 g/mol. The van der Waals surface area contributed by atoms with Crippen LogP contribution < -0.4 is 0 Å². The van der Waals surface area contributed by atoms with Gasteiger partial charge in [0.15, 0.2) is 0 Å². The molecule has 0 aromatic carbocycles. The van der Waals surface area contributed by atoms with Crippen LogP contribution in [0.2, 0.25) is 0 Å². The van der Waals surface area contributed by atoms with Crippen LogP contribution in [0.25, 0.3) is 0 Å². The number of hydrogen-bond acceptors (Lipinski definition) is 3. The molecular formula is C12H22N2O4. The fourth-order valence-electron chi connectivity index (χ4n) is 2.28. The molecule has 18 heavy (non-hydrogen) atoms. The van der Waals surface area contributed by atoms with Crippen molar-refractivity contribution in [3.8, 4) is 0 Å². The summed E-state index contributed by atoms with van der Waals surface area (Å²) in [6.45, 7) is 5.74. The number of carbonyl (C=O) groups is 2. The minimum Gasteiger partial charge on any atom is -0.481 e. The lowest BCUT2D eigenvalue weighted by Crippen LogP contribution is -2.48. The molecule has 1 saturated heterocycles. The number of likely N-dealkylation sites (tertiary alicyclic amines) is 1. The Morgan fingerprint density at radius 1 is 1.56 bits per heavy atom. The van der Waals surface area contributed by atoms with Gasteiger partial charge in [0.25, 0.3) is 0 Å². The molecule has 1 N–H and O–H groups in total. The average molecular weight is 258 g/mol. The lowest BCUT2D eigenvalue weighted by atomic mass is 10.1. The van der Waals surface area contributed by atoms with Gasteiger partial charge in [-0.1, -0.05) is 0 Å². The maximum atomic E-state index is 12.3. The third-order valence-electron chi connectivity index (χ3n) is 3.33. The molecule has 2 atom stereocenters. The van der Waals surface area contributed by atoms with Gasteiger partial charge in [0.2, 0.25) is 0 Å². The first kappa shape index (κ1) is 14.8. The molecule has 0 aliphatic carbocycles. The number of carbonyl (C=O) groups excluding carboxylic acids is 1. The van der Waals surface area contributed by atoms with E-state index >= 15 is 0 Å². The maximum Gasteiger partial charge on any atom is 0.320 e. The van der Waals surface area contributed by atoms with Gasteiger partial charge >= 0.3 is 12.0 Å². The number of rotatable bonds is 5. The summed E-state index contributed by atoms with van der Waals surface area (Å²) >= 11 is 0. The Kier molecular flexibility index (Phi) is 5.40. The van der Waals surface area contributed by atoms with Crippen LogP contribution in [0.4, 0.5) is 4.79 Å². The Morgan fingerprint density at radius 3 is 2.67 bits per heavy atom. The van der Waals surface area contributed by atoms with Gasteiger partial charge in [-0.25, -0.2) is 4.79 Å². The van der Waals surface area contributed by atoms with Crippen molar-refractivity contribution in [3.05, 3.63) is 0 Å². The summed E-state index contributed by atoms with van der Waals surface area (Å²) in [4.78, 5) is 26.5. The minimum absolute atomic E-state index is 0.00335. The third kappa shape index (κ3) is 3.35. The molecule has 104 valence electrons. The molecule has 0 bridgehead atoms. The van der Waals surface area contributed by atoms with Crippen molar-refractivity contribution in [1.82, 2.24) is 9.80 Å². The Morgan fingerprint density at radius 2 is 2.22 bits per heavy atom. The molecule has 0 aromatic heterocycles. The summed E-state index contributed by atoms with van der Waals surface area (Å²) in [5.41, 5.74) is 0. The first-order valence-corrected chi connectivity index (χ1v) is 6.28. The molecule has 0 saturated carbocycles. The number of carboxylic acid groups (broad SMARTS) is 1. The van der Waals surface area contributed by atoms with Crippen LogP contribution >= 0.6 is 0 Å². The lowest BCUT2D eigenvalue weighted by molar-refractivity contribution is -0.141. The summed E-state index contributed by atoms with van der Waals surface area (Å²) in [7, 11) is 1.60. The van der Waals surface area contributed by atoms with Gasteiger partial charge in [-0.2, -0.15) is 0 Å². The van der Waals surface area contributed by atoms with Crippen molar-refractivity contribution in [2.24, 2.45) is 5.92 Å². The van der Waals surface area contributed by atoms with Crippen LogP contribution in [0.3, 0.4) is 0 Å². The quantitative estimate of drug-likeness (QED) is 0.794. The van der Waals surface area contributed by atoms with E-state index in [1.165, 1.54) is 0 Å². The number of aliphatic carboxylic acids is 1. The topological polar surface area (TPSA) is 70.1 Å². The Bertz CT molecular complexity index is 308. The van der Waals surface area contributed by atoms with Gasteiger partial charge in [-0.05, 0) is 20.3 Å². The second kappa shape index (κ2) is 6.58. The largest absolute Gasteiger partial charge is 0.481 e. The number of amides is 2. The van der Waals surface area contributed by atoms with E-state index in [9.17, 15) is 9.59 Å². The fourth-order valence-corrected chi connectivity index (χ4v) is 2.28. The highest BCUT2D eigenvalue weighted by molar-refractivity contribution is 5.77. The fraction of sp³-hybridized carbons (Fsp3) is 0.833. The van der Waals surface area contributed by atoms with Gasteiger partial charge in [0, 0.05) is 26.7 Å². The molecule has 1 aliphatic rings. The summed E-state index contributed by atoms with van der Waals surface area (Å²) in [6, 6.07) is -0.0952. The molecule has 0 spiro atoms. The highest BCUT2D eigenvalue weighted by atomic mass is 16.5. The zero-order valence-electron chi connectivity index (χ0n) is 11.3. The second-order valence-electron chi connectivity index (χ2n) is 4.64. The van der Waals surface area contributed by atoms with Crippen molar-refractivity contribution < 1.29 is 19.4 Å². The van der Waals surface area contributed by atoms with E-state index in [0.717, 1.165) is 0 Å². The third-order valence-corrected chi connectivity index (χ3v) is 3.33. The molecule has 1 aliphatic heterocycles. The van der Waals surface area contributed by atoms with E-state index in [0.29, 0.717) is 32.7 Å². The molecule has 1 heterocycles. The highest BCUT2D eigenvalue weighted by Gasteiger charge is 2.33. The van der Waals surface area contributed by atoms with Crippen molar-refractivity contribution in [2.45, 2.75) is 26.3 Å². The van der Waals surface area contributed by atoms with Crippen LogP contribution in [0.5, 0.6) is 0 Å².